The number of rotatable bonds is 7. The fraction of sp³-hybridized carbons (Fsp3) is 0.200. The Balaban J connectivity index is 1.46. The Morgan fingerprint density at radius 1 is 1.00 bits per heavy atom. The predicted octanol–water partition coefficient (Wildman–Crippen LogP) is 2.01. The number of nitrogens with one attached hydrogen (secondary N) is 2. The maximum atomic E-state index is 5.56. The van der Waals surface area contributed by atoms with Crippen LogP contribution in [0.1, 0.15) is 12.5 Å². The first-order valence-corrected chi connectivity index (χ1v) is 10.5. The quantitative estimate of drug-likeness (QED) is 0.203. The Morgan fingerprint density at radius 2 is 1.73 bits per heavy atom. The van der Waals surface area contributed by atoms with Gasteiger partial charge in [-0.15, -0.1) is 11.8 Å². The lowest BCUT2D eigenvalue weighted by Gasteiger charge is -2.08. The van der Waals surface area contributed by atoms with Gasteiger partial charge in [0.1, 0.15) is 12.4 Å². The topological polar surface area (TPSA) is 124 Å². The molecule has 0 aliphatic rings. The highest BCUT2D eigenvalue weighted by molar-refractivity contribution is 7.99. The third-order valence-corrected chi connectivity index (χ3v) is 5.48. The van der Waals surface area contributed by atoms with Gasteiger partial charge in [0.25, 0.3) is 5.65 Å². The number of benzene rings is 1. The number of aryl methyl sites for hydroxylation is 1. The first-order chi connectivity index (χ1) is 14.5. The molecule has 0 atom stereocenters. The highest BCUT2D eigenvalue weighted by Gasteiger charge is 2.16. The maximum absolute atomic E-state index is 5.56. The Labute approximate surface area is 178 Å². The van der Waals surface area contributed by atoms with Crippen LogP contribution in [0, 0.1) is 0 Å². The van der Waals surface area contributed by atoms with E-state index in [2.05, 4.69) is 97.5 Å². The van der Waals surface area contributed by atoms with E-state index in [-0.39, 0.29) is 17.8 Å². The summed E-state index contributed by atoms with van der Waals surface area (Å²) >= 11 is 1.84. The van der Waals surface area contributed by atoms with E-state index in [1.165, 1.54) is 4.90 Å². The van der Waals surface area contributed by atoms with Gasteiger partial charge in [0.2, 0.25) is 17.8 Å². The van der Waals surface area contributed by atoms with E-state index in [4.69, 9.17) is 11.5 Å². The summed E-state index contributed by atoms with van der Waals surface area (Å²) in [5, 5.41) is 0. The lowest BCUT2D eigenvalue weighted by Crippen LogP contribution is -2.23. The maximum Gasteiger partial charge on any atom is 0.286 e. The highest BCUT2D eigenvalue weighted by Crippen LogP contribution is 2.22. The third-order valence-electron chi connectivity index (χ3n) is 4.62. The number of anilines is 3. The Kier molecular flexibility index (Phi) is 5.68. The fourth-order valence-corrected chi connectivity index (χ4v) is 3.91. The van der Waals surface area contributed by atoms with Gasteiger partial charge in [-0.25, -0.2) is 14.4 Å². The van der Waals surface area contributed by atoms with Crippen molar-refractivity contribution in [2.24, 2.45) is 7.05 Å². The van der Waals surface area contributed by atoms with Crippen LogP contribution in [0.15, 0.2) is 53.7 Å². The molecular weight excluding hydrogens is 398 g/mol. The summed E-state index contributed by atoms with van der Waals surface area (Å²) in [6, 6.07) is 12.7. The molecule has 0 saturated heterocycles. The minimum Gasteiger partial charge on any atom is -0.368 e. The SMILES string of the molecule is CCSc1ccc2n(C)c(-c3ccc(CNNc4nc(N)nc(N)n4)cc3)c[n+]2c1. The molecule has 4 aromatic rings. The summed E-state index contributed by atoms with van der Waals surface area (Å²) in [6.07, 6.45) is 4.34. The lowest BCUT2D eigenvalue weighted by atomic mass is 10.1. The molecule has 0 amide bonds. The van der Waals surface area contributed by atoms with Gasteiger partial charge in [-0.05, 0) is 17.4 Å². The second-order valence-corrected chi connectivity index (χ2v) is 8.02. The number of thioether (sulfide) groups is 1. The zero-order valence-corrected chi connectivity index (χ0v) is 17.6. The molecule has 0 bridgehead atoms. The summed E-state index contributed by atoms with van der Waals surface area (Å²) < 4.78 is 4.38. The van der Waals surface area contributed by atoms with Crippen molar-refractivity contribution in [1.29, 1.82) is 0 Å². The molecule has 0 aliphatic carbocycles. The summed E-state index contributed by atoms with van der Waals surface area (Å²) in [4.78, 5) is 12.9. The van der Waals surface area contributed by atoms with E-state index >= 15 is 0 Å². The molecule has 0 aliphatic heterocycles. The van der Waals surface area contributed by atoms with Crippen LogP contribution in [-0.2, 0) is 13.6 Å². The number of hydrazine groups is 1. The fourth-order valence-electron chi connectivity index (χ4n) is 3.22. The third kappa shape index (κ3) is 4.29. The predicted molar refractivity (Wildman–Crippen MR) is 120 cm³/mol. The molecule has 6 N–H and O–H groups in total. The lowest BCUT2D eigenvalue weighted by molar-refractivity contribution is -0.512. The van der Waals surface area contributed by atoms with E-state index in [1.54, 1.807) is 0 Å². The zero-order chi connectivity index (χ0) is 21.1. The number of pyridine rings is 1. The van der Waals surface area contributed by atoms with Crippen molar-refractivity contribution in [3.8, 4) is 11.3 Å². The second-order valence-electron chi connectivity index (χ2n) is 6.69. The molecule has 154 valence electrons. The van der Waals surface area contributed by atoms with E-state index in [0.29, 0.717) is 6.54 Å². The van der Waals surface area contributed by atoms with Crippen LogP contribution in [0.5, 0.6) is 0 Å². The average molecular weight is 423 g/mol. The number of fused-ring (bicyclic) bond motifs is 1. The molecular formula is C20H24N9S+. The van der Waals surface area contributed by atoms with Gasteiger partial charge in [0, 0.05) is 23.1 Å². The molecule has 3 heterocycles. The van der Waals surface area contributed by atoms with Crippen molar-refractivity contribution in [2.75, 3.05) is 22.6 Å². The molecule has 0 saturated carbocycles. The molecule has 0 radical (unpaired) electrons. The summed E-state index contributed by atoms with van der Waals surface area (Å²) in [5.74, 6) is 1.49. The van der Waals surface area contributed by atoms with E-state index in [0.717, 1.165) is 28.2 Å². The number of nitrogen functional groups attached to an aromatic ring is 2. The van der Waals surface area contributed by atoms with Crippen LogP contribution >= 0.6 is 11.8 Å². The average Bonchev–Trinajstić information content (AvgIpc) is 3.04. The van der Waals surface area contributed by atoms with Crippen LogP contribution in [0.2, 0.25) is 0 Å². The molecule has 4 rings (SSSR count). The van der Waals surface area contributed by atoms with Crippen LogP contribution in [0.3, 0.4) is 0 Å². The smallest absolute Gasteiger partial charge is 0.286 e. The summed E-state index contributed by atoms with van der Waals surface area (Å²) in [5.41, 5.74) is 21.6. The zero-order valence-electron chi connectivity index (χ0n) is 16.8. The van der Waals surface area contributed by atoms with Crippen molar-refractivity contribution >= 4 is 35.3 Å². The number of aromatic nitrogens is 5. The molecule has 0 fully saturated rings. The molecule has 0 unspecified atom stereocenters. The molecule has 30 heavy (non-hydrogen) atoms. The number of imidazole rings is 1. The largest absolute Gasteiger partial charge is 0.368 e. The Hall–Kier alpha value is -3.37. The second kappa shape index (κ2) is 8.56. The molecule has 0 spiro atoms. The highest BCUT2D eigenvalue weighted by atomic mass is 32.2. The van der Waals surface area contributed by atoms with Gasteiger partial charge in [-0.1, -0.05) is 31.2 Å². The number of hydrogen-bond donors (Lipinski definition) is 4. The first kappa shape index (κ1) is 19.9. The van der Waals surface area contributed by atoms with Crippen LogP contribution in [0.4, 0.5) is 17.8 Å². The Morgan fingerprint density at radius 3 is 2.43 bits per heavy atom. The molecule has 10 heteroatoms. The van der Waals surface area contributed by atoms with Gasteiger partial charge in [0.05, 0.1) is 7.05 Å². The summed E-state index contributed by atoms with van der Waals surface area (Å²) in [7, 11) is 2.09. The van der Waals surface area contributed by atoms with Gasteiger partial charge in [0.15, 0.2) is 5.69 Å². The minimum atomic E-state index is 0.0735. The van der Waals surface area contributed by atoms with Crippen molar-refractivity contribution < 1.29 is 4.40 Å². The van der Waals surface area contributed by atoms with Crippen molar-refractivity contribution in [3.05, 3.63) is 54.4 Å². The molecule has 1 aromatic carbocycles. The van der Waals surface area contributed by atoms with Gasteiger partial charge >= 0.3 is 0 Å². The van der Waals surface area contributed by atoms with Crippen molar-refractivity contribution in [1.82, 2.24) is 24.9 Å². The van der Waals surface area contributed by atoms with Gasteiger partial charge < -0.3 is 11.5 Å². The van der Waals surface area contributed by atoms with Crippen molar-refractivity contribution in [3.63, 3.8) is 0 Å². The van der Waals surface area contributed by atoms with Gasteiger partial charge in [-0.3, -0.25) is 5.43 Å². The minimum absolute atomic E-state index is 0.0735. The van der Waals surface area contributed by atoms with Crippen LogP contribution in [-0.4, -0.2) is 25.3 Å². The van der Waals surface area contributed by atoms with E-state index in [9.17, 15) is 0 Å². The van der Waals surface area contributed by atoms with Crippen molar-refractivity contribution in [2.45, 2.75) is 18.4 Å². The normalized spacial score (nSPS) is 11.1. The number of nitrogens with zero attached hydrogens (tertiary/aromatic N) is 5. The number of hydrogen-bond acceptors (Lipinski definition) is 8. The van der Waals surface area contributed by atoms with E-state index < -0.39 is 0 Å². The standard InChI is InChI=1S/C20H24N9S/c1-3-30-15-8-9-17-28(2)16(12-29(17)11-15)14-6-4-13(5-7-14)10-23-27-20-25-18(21)24-19(22)26-20/h4-9,11-12,23H,3,10H2,1-2H3,(H5,21,22,24,25,26,27)/q+1. The Bertz CT molecular complexity index is 1150. The first-order valence-electron chi connectivity index (χ1n) is 9.52. The molecule has 9 nitrogen and oxygen atoms in total. The molecule has 3 aromatic heterocycles. The monoisotopic (exact) mass is 422 g/mol. The van der Waals surface area contributed by atoms with Crippen LogP contribution < -0.4 is 26.7 Å². The van der Waals surface area contributed by atoms with E-state index in [1.807, 2.05) is 11.8 Å². The summed E-state index contributed by atoms with van der Waals surface area (Å²) in [6.45, 7) is 2.74. The van der Waals surface area contributed by atoms with Crippen LogP contribution in [0.25, 0.3) is 16.9 Å². The van der Waals surface area contributed by atoms with Gasteiger partial charge in [-0.2, -0.15) is 15.0 Å². The number of nitrogens with two attached hydrogens (primary N) is 2.